The van der Waals surface area contributed by atoms with Gasteiger partial charge in [0.1, 0.15) is 17.4 Å². The van der Waals surface area contributed by atoms with Gasteiger partial charge in [0.25, 0.3) is 0 Å². The summed E-state index contributed by atoms with van der Waals surface area (Å²) in [5, 5.41) is 0. The molecule has 3 unspecified atom stereocenters. The van der Waals surface area contributed by atoms with E-state index in [1.54, 1.807) is 18.3 Å². The number of aryl methyl sites for hydroxylation is 1. The summed E-state index contributed by atoms with van der Waals surface area (Å²) in [6, 6.07) is 9.18. The summed E-state index contributed by atoms with van der Waals surface area (Å²) in [4.78, 5) is 19.7. The third-order valence-corrected chi connectivity index (χ3v) is 7.21. The zero-order valence-electron chi connectivity index (χ0n) is 19.0. The normalized spacial score (nSPS) is 23.1. The molecule has 0 N–H and O–H groups in total. The highest BCUT2D eigenvalue weighted by molar-refractivity contribution is 5.88. The van der Waals surface area contributed by atoms with E-state index < -0.39 is 17.0 Å². The minimum atomic E-state index is -0.624. The van der Waals surface area contributed by atoms with Gasteiger partial charge in [-0.15, -0.1) is 0 Å². The fraction of sp³-hybridized carbons (Fsp3) is 0.385. The number of benzene rings is 2. The summed E-state index contributed by atoms with van der Waals surface area (Å²) < 4.78 is 35.1. The number of hydrogen-bond acceptors (Lipinski definition) is 3. The molecular formula is C26H27F2N3O2. The maximum atomic E-state index is 13.8. The van der Waals surface area contributed by atoms with Crippen LogP contribution in [0.5, 0.6) is 5.75 Å². The van der Waals surface area contributed by atoms with Gasteiger partial charge in [0.15, 0.2) is 0 Å². The number of amides is 1. The van der Waals surface area contributed by atoms with Gasteiger partial charge < -0.3 is 14.2 Å². The molecule has 7 heteroatoms. The van der Waals surface area contributed by atoms with E-state index >= 15 is 0 Å². The lowest BCUT2D eigenvalue weighted by atomic mass is 9.87. The minimum absolute atomic E-state index is 0.0733. The number of aromatic nitrogens is 2. The smallest absolute Gasteiger partial charge is 0.229 e. The molecule has 1 saturated carbocycles. The van der Waals surface area contributed by atoms with Crippen molar-refractivity contribution < 1.29 is 18.3 Å². The number of likely N-dealkylation sites (tertiary alicyclic amines) is 1. The number of rotatable bonds is 5. The Morgan fingerprint density at radius 3 is 2.61 bits per heavy atom. The van der Waals surface area contributed by atoms with Crippen LogP contribution in [0, 0.1) is 24.0 Å². The van der Waals surface area contributed by atoms with Gasteiger partial charge in [0.2, 0.25) is 5.91 Å². The Kier molecular flexibility index (Phi) is 5.22. The van der Waals surface area contributed by atoms with E-state index in [4.69, 9.17) is 4.74 Å². The predicted octanol–water partition coefficient (Wildman–Crippen LogP) is 5.32. The van der Waals surface area contributed by atoms with E-state index in [-0.39, 0.29) is 17.9 Å². The summed E-state index contributed by atoms with van der Waals surface area (Å²) in [7, 11) is 1.64. The minimum Gasteiger partial charge on any atom is -0.495 e. The predicted molar refractivity (Wildman–Crippen MR) is 120 cm³/mol. The molecule has 1 aromatic heterocycles. The van der Waals surface area contributed by atoms with Gasteiger partial charge in [-0.3, -0.25) is 4.79 Å². The molecule has 1 saturated heterocycles. The number of halogens is 2. The highest BCUT2D eigenvalue weighted by atomic mass is 19.1. The van der Waals surface area contributed by atoms with Gasteiger partial charge >= 0.3 is 0 Å². The Labute approximate surface area is 192 Å². The second kappa shape index (κ2) is 7.97. The molecule has 1 aliphatic heterocycles. The molecule has 0 radical (unpaired) electrons. The molecule has 3 atom stereocenters. The van der Waals surface area contributed by atoms with Crippen molar-refractivity contribution in [1.29, 1.82) is 0 Å². The molecule has 5 nitrogen and oxygen atoms in total. The number of carbonyl (C=O) groups is 1. The zero-order chi connectivity index (χ0) is 23.3. The van der Waals surface area contributed by atoms with Crippen LogP contribution in [0.3, 0.4) is 0 Å². The second-order valence-electron chi connectivity index (χ2n) is 9.25. The topological polar surface area (TPSA) is 47.4 Å². The number of methoxy groups -OCH3 is 1. The Hall–Kier alpha value is -3.22. The SMILES string of the molecule is COc1cc(C2CC23CCCN(C(C)c2cc(F)cc(F)c2)C3=O)ccc1-n1cnc(C)c1. The van der Waals surface area contributed by atoms with Crippen molar-refractivity contribution in [1.82, 2.24) is 14.5 Å². The van der Waals surface area contributed by atoms with Crippen LogP contribution < -0.4 is 4.74 Å². The van der Waals surface area contributed by atoms with Crippen molar-refractivity contribution in [2.75, 3.05) is 13.7 Å². The van der Waals surface area contributed by atoms with Crippen LogP contribution in [0.1, 0.15) is 55.0 Å². The van der Waals surface area contributed by atoms with Crippen molar-refractivity contribution in [3.63, 3.8) is 0 Å². The summed E-state index contributed by atoms with van der Waals surface area (Å²) >= 11 is 0. The molecule has 5 rings (SSSR count). The summed E-state index contributed by atoms with van der Waals surface area (Å²) in [5.74, 6) is -0.335. The number of imidazole rings is 1. The Morgan fingerprint density at radius 1 is 1.18 bits per heavy atom. The number of piperidine rings is 1. The summed E-state index contributed by atoms with van der Waals surface area (Å²) in [6.45, 7) is 4.37. The Bertz CT molecular complexity index is 1200. The first-order valence-electron chi connectivity index (χ1n) is 11.3. The lowest BCUT2D eigenvalue weighted by molar-refractivity contribution is -0.143. The highest BCUT2D eigenvalue weighted by Gasteiger charge is 2.62. The van der Waals surface area contributed by atoms with Gasteiger partial charge in [-0.25, -0.2) is 13.8 Å². The molecule has 1 aliphatic carbocycles. The first-order valence-corrected chi connectivity index (χ1v) is 11.3. The average molecular weight is 452 g/mol. The molecule has 33 heavy (non-hydrogen) atoms. The van der Waals surface area contributed by atoms with E-state index in [0.717, 1.165) is 48.0 Å². The molecule has 1 spiro atoms. The molecule has 0 bridgehead atoms. The summed E-state index contributed by atoms with van der Waals surface area (Å²) in [6.07, 6.45) is 6.16. The van der Waals surface area contributed by atoms with Gasteiger partial charge in [0.05, 0.1) is 36.3 Å². The second-order valence-corrected chi connectivity index (χ2v) is 9.25. The van der Waals surface area contributed by atoms with Crippen LogP contribution in [0.2, 0.25) is 0 Å². The standard InChI is InChI=1S/C26H27F2N3O2/c1-16-14-30(15-29-16)23-6-5-18(11-24(23)33-3)22-13-26(22)7-4-8-31(25(26)32)17(2)19-9-20(27)12-21(28)10-19/h5-6,9-12,14-15,17,22H,4,7-8,13H2,1-3H3. The first-order chi connectivity index (χ1) is 15.8. The number of ether oxygens (including phenoxy) is 1. The number of hydrogen-bond donors (Lipinski definition) is 0. The third kappa shape index (κ3) is 3.69. The van der Waals surface area contributed by atoms with Crippen molar-refractivity contribution in [2.24, 2.45) is 5.41 Å². The number of carbonyl (C=O) groups excluding carboxylic acids is 1. The van der Waals surface area contributed by atoms with Crippen LogP contribution in [0.15, 0.2) is 48.9 Å². The van der Waals surface area contributed by atoms with Crippen molar-refractivity contribution >= 4 is 5.91 Å². The molecule has 2 aliphatic rings. The molecule has 2 fully saturated rings. The molecule has 172 valence electrons. The quantitative estimate of drug-likeness (QED) is 0.527. The largest absolute Gasteiger partial charge is 0.495 e. The van der Waals surface area contributed by atoms with Gasteiger partial charge in [-0.2, -0.15) is 0 Å². The molecule has 2 heterocycles. The maximum absolute atomic E-state index is 13.8. The van der Waals surface area contributed by atoms with E-state index in [1.165, 1.54) is 12.1 Å². The van der Waals surface area contributed by atoms with Crippen molar-refractivity contribution in [3.05, 3.63) is 77.4 Å². The lowest BCUT2D eigenvalue weighted by Gasteiger charge is -2.38. The highest BCUT2D eigenvalue weighted by Crippen LogP contribution is 2.65. The van der Waals surface area contributed by atoms with Crippen LogP contribution in [0.4, 0.5) is 8.78 Å². The summed E-state index contributed by atoms with van der Waals surface area (Å²) in [5.41, 5.74) is 2.93. The van der Waals surface area contributed by atoms with Crippen molar-refractivity contribution in [3.8, 4) is 11.4 Å². The van der Waals surface area contributed by atoms with Gasteiger partial charge in [-0.05, 0) is 74.4 Å². The maximum Gasteiger partial charge on any atom is 0.229 e. The zero-order valence-corrected chi connectivity index (χ0v) is 19.0. The van der Waals surface area contributed by atoms with Gasteiger partial charge in [-0.1, -0.05) is 6.07 Å². The lowest BCUT2D eigenvalue weighted by Crippen LogP contribution is -2.44. The molecular weight excluding hydrogens is 424 g/mol. The Morgan fingerprint density at radius 2 is 1.94 bits per heavy atom. The van der Waals surface area contributed by atoms with Crippen LogP contribution in [0.25, 0.3) is 5.69 Å². The fourth-order valence-corrected chi connectivity index (χ4v) is 5.36. The van der Waals surface area contributed by atoms with E-state index in [2.05, 4.69) is 11.1 Å². The van der Waals surface area contributed by atoms with Crippen LogP contribution in [-0.2, 0) is 4.79 Å². The molecule has 1 amide bonds. The molecule has 3 aromatic rings. The fourth-order valence-electron chi connectivity index (χ4n) is 5.36. The average Bonchev–Trinajstić information content (AvgIpc) is 3.35. The monoisotopic (exact) mass is 451 g/mol. The third-order valence-electron chi connectivity index (χ3n) is 7.21. The van der Waals surface area contributed by atoms with Gasteiger partial charge in [0, 0.05) is 18.8 Å². The Balaban J connectivity index is 1.40. The van der Waals surface area contributed by atoms with E-state index in [0.29, 0.717) is 12.1 Å². The van der Waals surface area contributed by atoms with Crippen LogP contribution >= 0.6 is 0 Å². The van der Waals surface area contributed by atoms with Crippen molar-refractivity contribution in [2.45, 2.75) is 45.1 Å². The van der Waals surface area contributed by atoms with Crippen LogP contribution in [-0.4, -0.2) is 34.0 Å². The molecule has 2 aromatic carbocycles. The van der Waals surface area contributed by atoms with E-state index in [9.17, 15) is 13.6 Å². The number of nitrogens with zero attached hydrogens (tertiary/aromatic N) is 3. The first kappa shape index (κ1) is 21.6. The van der Waals surface area contributed by atoms with E-state index in [1.807, 2.05) is 36.7 Å².